The average molecular weight is 212 g/mol. The lowest BCUT2D eigenvalue weighted by Crippen LogP contribution is -2.17. The number of hydrogen-bond acceptors (Lipinski definition) is 4. The molecule has 2 heterocycles. The minimum Gasteiger partial charge on any atom is -0.444 e. The van der Waals surface area contributed by atoms with Gasteiger partial charge < -0.3 is 4.42 Å². The van der Waals surface area contributed by atoms with Gasteiger partial charge in [0.05, 0.1) is 12.7 Å². The topological polar surface area (TPSA) is 79.6 Å². The van der Waals surface area contributed by atoms with E-state index in [2.05, 4.69) is 15.2 Å². The standard InChI is InChI=1S/C7H8N4O2S/c1-4-8-2-5(13-4)3-11-6(12)9-10-7(11)14/h2H,3H2,1H3,(H,9,12)(H,10,14). The van der Waals surface area contributed by atoms with Gasteiger partial charge in [0.1, 0.15) is 5.76 Å². The number of nitrogens with one attached hydrogen (secondary N) is 2. The van der Waals surface area contributed by atoms with Crippen LogP contribution in [0.2, 0.25) is 0 Å². The third-order valence-corrected chi connectivity index (χ3v) is 2.07. The van der Waals surface area contributed by atoms with E-state index in [4.69, 9.17) is 16.6 Å². The van der Waals surface area contributed by atoms with E-state index in [1.165, 1.54) is 4.57 Å². The Kier molecular flexibility index (Phi) is 2.08. The van der Waals surface area contributed by atoms with E-state index in [0.717, 1.165) is 0 Å². The highest BCUT2D eigenvalue weighted by molar-refractivity contribution is 7.71. The predicted molar refractivity (Wildman–Crippen MR) is 50.6 cm³/mol. The Balaban J connectivity index is 2.36. The lowest BCUT2D eigenvalue weighted by molar-refractivity contribution is 0.459. The van der Waals surface area contributed by atoms with Crippen molar-refractivity contribution < 1.29 is 4.42 Å². The molecule has 0 bridgehead atoms. The van der Waals surface area contributed by atoms with Crippen LogP contribution in [0.1, 0.15) is 11.7 Å². The molecular formula is C7H8N4O2S. The molecule has 0 unspecified atom stereocenters. The van der Waals surface area contributed by atoms with E-state index in [-0.39, 0.29) is 5.69 Å². The summed E-state index contributed by atoms with van der Waals surface area (Å²) in [5.41, 5.74) is -0.288. The molecule has 6 nitrogen and oxygen atoms in total. The SMILES string of the molecule is Cc1ncc(Cn2c(=O)[nH][nH]c2=S)o1. The van der Waals surface area contributed by atoms with Crippen molar-refractivity contribution in [3.05, 3.63) is 33.1 Å². The summed E-state index contributed by atoms with van der Waals surface area (Å²) in [5.74, 6) is 1.17. The molecule has 0 aliphatic rings. The number of oxazole rings is 1. The molecule has 74 valence electrons. The second-order valence-electron chi connectivity index (χ2n) is 2.79. The third kappa shape index (κ3) is 1.53. The van der Waals surface area contributed by atoms with Crippen molar-refractivity contribution in [1.29, 1.82) is 0 Å². The third-order valence-electron chi connectivity index (χ3n) is 1.75. The van der Waals surface area contributed by atoms with Crippen molar-refractivity contribution in [3.8, 4) is 0 Å². The minimum absolute atomic E-state index is 0.288. The molecular weight excluding hydrogens is 204 g/mol. The van der Waals surface area contributed by atoms with Gasteiger partial charge in [-0.15, -0.1) is 0 Å². The molecule has 2 aromatic heterocycles. The highest BCUT2D eigenvalue weighted by atomic mass is 32.1. The molecule has 0 spiro atoms. The van der Waals surface area contributed by atoms with E-state index in [1.54, 1.807) is 13.1 Å². The molecule has 2 rings (SSSR count). The van der Waals surface area contributed by atoms with Crippen LogP contribution in [0.3, 0.4) is 0 Å². The zero-order valence-electron chi connectivity index (χ0n) is 7.40. The molecule has 7 heteroatoms. The summed E-state index contributed by atoms with van der Waals surface area (Å²) < 4.78 is 6.92. The van der Waals surface area contributed by atoms with Crippen molar-refractivity contribution in [2.45, 2.75) is 13.5 Å². The first kappa shape index (κ1) is 8.95. The van der Waals surface area contributed by atoms with Crippen LogP contribution < -0.4 is 5.69 Å². The van der Waals surface area contributed by atoms with E-state index >= 15 is 0 Å². The van der Waals surface area contributed by atoms with Crippen LogP contribution in [0.25, 0.3) is 0 Å². The Bertz CT molecular complexity index is 519. The Morgan fingerprint density at radius 1 is 1.64 bits per heavy atom. The molecule has 0 aliphatic carbocycles. The monoisotopic (exact) mass is 212 g/mol. The van der Waals surface area contributed by atoms with Gasteiger partial charge in [-0.3, -0.25) is 9.67 Å². The first-order valence-electron chi connectivity index (χ1n) is 3.95. The number of rotatable bonds is 2. The fraction of sp³-hybridized carbons (Fsp3) is 0.286. The molecule has 0 aromatic carbocycles. The molecule has 0 fully saturated rings. The molecule has 2 aromatic rings. The van der Waals surface area contributed by atoms with Gasteiger partial charge in [0.25, 0.3) is 0 Å². The zero-order chi connectivity index (χ0) is 10.1. The molecule has 0 atom stereocenters. The lowest BCUT2D eigenvalue weighted by Gasteiger charge is -1.94. The molecule has 0 saturated carbocycles. The lowest BCUT2D eigenvalue weighted by atomic mass is 10.5. The fourth-order valence-electron chi connectivity index (χ4n) is 1.11. The largest absolute Gasteiger partial charge is 0.444 e. The van der Waals surface area contributed by atoms with Crippen molar-refractivity contribution >= 4 is 12.2 Å². The molecule has 0 saturated heterocycles. The Morgan fingerprint density at radius 3 is 2.93 bits per heavy atom. The van der Waals surface area contributed by atoms with Gasteiger partial charge >= 0.3 is 5.69 Å². The zero-order valence-corrected chi connectivity index (χ0v) is 8.22. The minimum atomic E-state index is -0.288. The van der Waals surface area contributed by atoms with Gasteiger partial charge in [0, 0.05) is 6.92 Å². The molecule has 0 radical (unpaired) electrons. The van der Waals surface area contributed by atoms with Gasteiger partial charge in [0.15, 0.2) is 10.7 Å². The van der Waals surface area contributed by atoms with Crippen LogP contribution in [0.4, 0.5) is 0 Å². The molecule has 0 aliphatic heterocycles. The quantitative estimate of drug-likeness (QED) is 0.713. The second kappa shape index (κ2) is 3.26. The van der Waals surface area contributed by atoms with Gasteiger partial charge in [0.2, 0.25) is 0 Å². The van der Waals surface area contributed by atoms with Crippen molar-refractivity contribution in [2.24, 2.45) is 0 Å². The normalized spacial score (nSPS) is 10.6. The van der Waals surface area contributed by atoms with Crippen molar-refractivity contribution in [3.63, 3.8) is 0 Å². The number of aryl methyl sites for hydroxylation is 1. The van der Waals surface area contributed by atoms with Crippen LogP contribution in [-0.2, 0) is 6.54 Å². The summed E-state index contributed by atoms with van der Waals surface area (Å²) in [4.78, 5) is 15.1. The van der Waals surface area contributed by atoms with Crippen LogP contribution >= 0.6 is 12.2 Å². The fourth-order valence-corrected chi connectivity index (χ4v) is 1.31. The molecule has 2 N–H and O–H groups in total. The van der Waals surface area contributed by atoms with Crippen LogP contribution in [0.5, 0.6) is 0 Å². The van der Waals surface area contributed by atoms with Gasteiger partial charge in [-0.05, 0) is 12.2 Å². The molecule has 14 heavy (non-hydrogen) atoms. The Morgan fingerprint density at radius 2 is 2.43 bits per heavy atom. The Labute approximate surface area is 83.6 Å². The van der Waals surface area contributed by atoms with Crippen molar-refractivity contribution in [1.82, 2.24) is 19.7 Å². The second-order valence-corrected chi connectivity index (χ2v) is 3.18. The number of aromatic nitrogens is 4. The van der Waals surface area contributed by atoms with E-state index in [0.29, 0.717) is 23.0 Å². The van der Waals surface area contributed by atoms with Crippen LogP contribution in [-0.4, -0.2) is 19.7 Å². The summed E-state index contributed by atoms with van der Waals surface area (Å²) in [6.45, 7) is 2.03. The summed E-state index contributed by atoms with van der Waals surface area (Å²) in [6, 6.07) is 0. The maximum absolute atomic E-state index is 11.2. The van der Waals surface area contributed by atoms with Gasteiger partial charge in [-0.2, -0.15) is 0 Å². The van der Waals surface area contributed by atoms with E-state index < -0.39 is 0 Å². The number of hydrogen-bond donors (Lipinski definition) is 2. The number of nitrogens with zero attached hydrogens (tertiary/aromatic N) is 2. The number of H-pyrrole nitrogens is 2. The van der Waals surface area contributed by atoms with E-state index in [1.807, 2.05) is 0 Å². The highest BCUT2D eigenvalue weighted by Crippen LogP contribution is 2.03. The molecule has 0 amide bonds. The average Bonchev–Trinajstić information content (AvgIpc) is 2.67. The van der Waals surface area contributed by atoms with Gasteiger partial charge in [-0.25, -0.2) is 14.9 Å². The van der Waals surface area contributed by atoms with Crippen LogP contribution in [0, 0.1) is 11.7 Å². The summed E-state index contributed by atoms with van der Waals surface area (Å²) in [5, 5.41) is 4.92. The van der Waals surface area contributed by atoms with Crippen LogP contribution in [0.15, 0.2) is 15.4 Å². The number of aromatic amines is 2. The predicted octanol–water partition coefficient (Wildman–Crippen LogP) is 0.579. The maximum Gasteiger partial charge on any atom is 0.342 e. The highest BCUT2D eigenvalue weighted by Gasteiger charge is 2.04. The van der Waals surface area contributed by atoms with Gasteiger partial charge in [-0.1, -0.05) is 0 Å². The smallest absolute Gasteiger partial charge is 0.342 e. The first-order chi connectivity index (χ1) is 6.66. The summed E-state index contributed by atoms with van der Waals surface area (Å²) >= 11 is 4.89. The maximum atomic E-state index is 11.2. The van der Waals surface area contributed by atoms with E-state index in [9.17, 15) is 4.79 Å². The summed E-state index contributed by atoms with van der Waals surface area (Å²) in [6.07, 6.45) is 1.57. The Hall–Kier alpha value is -1.63. The van der Waals surface area contributed by atoms with Crippen molar-refractivity contribution in [2.75, 3.05) is 0 Å². The first-order valence-corrected chi connectivity index (χ1v) is 4.36. The summed E-state index contributed by atoms with van der Waals surface area (Å²) in [7, 11) is 0.